The van der Waals surface area contributed by atoms with E-state index in [1.54, 1.807) is 46.8 Å². The molecule has 184 valence electrons. The second-order valence-electron chi connectivity index (χ2n) is 9.21. The third kappa shape index (κ3) is 5.63. The van der Waals surface area contributed by atoms with Crippen molar-refractivity contribution in [3.63, 3.8) is 0 Å². The summed E-state index contributed by atoms with van der Waals surface area (Å²) in [6, 6.07) is 14.3. The number of benzene rings is 2. The molecule has 3 aromatic rings. The molecular formula is C26H29N3O5S. The van der Waals surface area contributed by atoms with Crippen LogP contribution >= 0.6 is 0 Å². The Morgan fingerprint density at radius 3 is 2.26 bits per heavy atom. The van der Waals surface area contributed by atoms with E-state index in [1.165, 1.54) is 18.4 Å². The molecule has 2 atom stereocenters. The average molecular weight is 496 g/mol. The fourth-order valence-corrected chi connectivity index (χ4v) is 6.03. The molecule has 0 radical (unpaired) electrons. The number of aryl methyl sites for hydroxylation is 1. The second kappa shape index (κ2) is 10.1. The molecular weight excluding hydrogens is 466 g/mol. The lowest BCUT2D eigenvalue weighted by molar-refractivity contribution is 0.0993. The number of hydrogen-bond acceptors (Lipinski definition) is 5. The zero-order valence-corrected chi connectivity index (χ0v) is 20.8. The highest BCUT2D eigenvalue weighted by atomic mass is 32.2. The minimum absolute atomic E-state index is 0.169. The standard InChI is InChI=1S/C26H29N3O5S/c1-17-13-18(2)16-29(15-17)35(32,33)22-10-8-21(9-11-22)27-25(30)20-7-6-19(3)23(14-20)28-26(31)24-5-4-12-34-24/h4-12,14,17-18H,13,15-16H2,1-3H3,(H,27,30)(H,28,31). The molecule has 4 rings (SSSR count). The number of hydrogen-bond donors (Lipinski definition) is 2. The number of carbonyl (C=O) groups is 2. The van der Waals surface area contributed by atoms with Gasteiger partial charge < -0.3 is 15.1 Å². The van der Waals surface area contributed by atoms with E-state index >= 15 is 0 Å². The summed E-state index contributed by atoms with van der Waals surface area (Å²) in [5, 5.41) is 5.53. The molecule has 0 aliphatic carbocycles. The average Bonchev–Trinajstić information content (AvgIpc) is 3.35. The summed E-state index contributed by atoms with van der Waals surface area (Å²) in [4.78, 5) is 25.3. The van der Waals surface area contributed by atoms with Crippen LogP contribution in [0.2, 0.25) is 0 Å². The highest BCUT2D eigenvalue weighted by molar-refractivity contribution is 7.89. The highest BCUT2D eigenvalue weighted by Gasteiger charge is 2.31. The number of nitrogens with zero attached hydrogens (tertiary/aromatic N) is 1. The van der Waals surface area contributed by atoms with Gasteiger partial charge in [-0.2, -0.15) is 4.31 Å². The molecule has 1 aliphatic rings. The minimum Gasteiger partial charge on any atom is -0.459 e. The first-order valence-electron chi connectivity index (χ1n) is 11.5. The summed E-state index contributed by atoms with van der Waals surface area (Å²) in [5.41, 5.74) is 2.09. The summed E-state index contributed by atoms with van der Waals surface area (Å²) < 4.78 is 32.8. The molecule has 35 heavy (non-hydrogen) atoms. The third-order valence-electron chi connectivity index (χ3n) is 6.08. The molecule has 0 bridgehead atoms. The number of sulfonamides is 1. The predicted molar refractivity (Wildman–Crippen MR) is 134 cm³/mol. The Hall–Kier alpha value is -3.43. The van der Waals surface area contributed by atoms with Crippen molar-refractivity contribution in [3.8, 4) is 0 Å². The maximum absolute atomic E-state index is 13.1. The molecule has 1 saturated heterocycles. The van der Waals surface area contributed by atoms with E-state index in [-0.39, 0.29) is 16.6 Å². The monoisotopic (exact) mass is 495 g/mol. The van der Waals surface area contributed by atoms with Gasteiger partial charge in [0.05, 0.1) is 11.2 Å². The summed E-state index contributed by atoms with van der Waals surface area (Å²) in [6.07, 6.45) is 2.43. The zero-order chi connectivity index (χ0) is 25.2. The first-order chi connectivity index (χ1) is 16.6. The van der Waals surface area contributed by atoms with Crippen LogP contribution in [0, 0.1) is 18.8 Å². The molecule has 1 fully saturated rings. The number of nitrogens with one attached hydrogen (secondary N) is 2. The van der Waals surface area contributed by atoms with Crippen LogP contribution < -0.4 is 10.6 Å². The number of anilines is 2. The molecule has 2 amide bonds. The van der Waals surface area contributed by atoms with Crippen molar-refractivity contribution in [1.82, 2.24) is 4.31 Å². The van der Waals surface area contributed by atoms with E-state index < -0.39 is 15.9 Å². The molecule has 0 saturated carbocycles. The van der Waals surface area contributed by atoms with Gasteiger partial charge in [0, 0.05) is 30.0 Å². The van der Waals surface area contributed by atoms with Crippen LogP contribution in [0.1, 0.15) is 46.7 Å². The molecule has 2 heterocycles. The van der Waals surface area contributed by atoms with E-state index in [2.05, 4.69) is 24.5 Å². The Morgan fingerprint density at radius 2 is 1.63 bits per heavy atom. The van der Waals surface area contributed by atoms with Gasteiger partial charge in [-0.05, 0) is 79.3 Å². The zero-order valence-electron chi connectivity index (χ0n) is 19.9. The molecule has 2 aromatic carbocycles. The molecule has 2 N–H and O–H groups in total. The number of piperidine rings is 1. The SMILES string of the molecule is Cc1ccc(C(=O)Nc2ccc(S(=O)(=O)N3CC(C)CC(C)C3)cc2)cc1NC(=O)c1ccco1. The van der Waals surface area contributed by atoms with Crippen LogP contribution in [-0.4, -0.2) is 37.6 Å². The quantitative estimate of drug-likeness (QED) is 0.513. The topological polar surface area (TPSA) is 109 Å². The van der Waals surface area contributed by atoms with Crippen LogP contribution in [0.4, 0.5) is 11.4 Å². The van der Waals surface area contributed by atoms with Crippen molar-refractivity contribution in [3.05, 3.63) is 77.7 Å². The van der Waals surface area contributed by atoms with Crippen molar-refractivity contribution < 1.29 is 22.4 Å². The van der Waals surface area contributed by atoms with Gasteiger partial charge in [-0.3, -0.25) is 9.59 Å². The van der Waals surface area contributed by atoms with Crippen molar-refractivity contribution in [2.75, 3.05) is 23.7 Å². The smallest absolute Gasteiger partial charge is 0.291 e. The maximum atomic E-state index is 13.1. The van der Waals surface area contributed by atoms with Crippen molar-refractivity contribution in [2.24, 2.45) is 11.8 Å². The number of amides is 2. The number of carbonyl (C=O) groups excluding carboxylic acids is 2. The van der Waals surface area contributed by atoms with Crippen molar-refractivity contribution >= 4 is 33.2 Å². The molecule has 2 unspecified atom stereocenters. The van der Waals surface area contributed by atoms with Crippen LogP contribution in [0.3, 0.4) is 0 Å². The number of rotatable bonds is 6. The largest absolute Gasteiger partial charge is 0.459 e. The molecule has 8 nitrogen and oxygen atoms in total. The molecule has 9 heteroatoms. The molecule has 0 spiro atoms. The van der Waals surface area contributed by atoms with E-state index in [0.29, 0.717) is 41.9 Å². The van der Waals surface area contributed by atoms with Gasteiger partial charge >= 0.3 is 0 Å². The fraction of sp³-hybridized carbons (Fsp3) is 0.308. The summed E-state index contributed by atoms with van der Waals surface area (Å²) in [5.74, 6) is 0.00574. The first kappa shape index (κ1) is 24.7. The highest BCUT2D eigenvalue weighted by Crippen LogP contribution is 2.27. The van der Waals surface area contributed by atoms with Crippen molar-refractivity contribution in [1.29, 1.82) is 0 Å². The van der Waals surface area contributed by atoms with Gasteiger partial charge in [0.2, 0.25) is 10.0 Å². The maximum Gasteiger partial charge on any atom is 0.291 e. The van der Waals surface area contributed by atoms with E-state index in [9.17, 15) is 18.0 Å². The summed E-state index contributed by atoms with van der Waals surface area (Å²) in [6.45, 7) is 6.97. The first-order valence-corrected chi connectivity index (χ1v) is 12.9. The van der Waals surface area contributed by atoms with Gasteiger partial charge in [0.25, 0.3) is 11.8 Å². The van der Waals surface area contributed by atoms with E-state index in [1.807, 2.05) is 6.92 Å². The van der Waals surface area contributed by atoms with Crippen LogP contribution in [0.25, 0.3) is 0 Å². The Balaban J connectivity index is 1.45. The van der Waals surface area contributed by atoms with Crippen LogP contribution in [0.15, 0.2) is 70.2 Å². The lowest BCUT2D eigenvalue weighted by Gasteiger charge is -2.34. The van der Waals surface area contributed by atoms with E-state index in [0.717, 1.165) is 12.0 Å². The van der Waals surface area contributed by atoms with Crippen molar-refractivity contribution in [2.45, 2.75) is 32.1 Å². The lowest BCUT2D eigenvalue weighted by Crippen LogP contribution is -2.42. The lowest BCUT2D eigenvalue weighted by atomic mass is 9.94. The Kier molecular flexibility index (Phi) is 7.09. The van der Waals surface area contributed by atoms with Gasteiger partial charge in [0.1, 0.15) is 0 Å². The molecule has 1 aromatic heterocycles. The third-order valence-corrected chi connectivity index (χ3v) is 7.92. The minimum atomic E-state index is -3.59. The Bertz CT molecular complexity index is 1310. The fourth-order valence-electron chi connectivity index (χ4n) is 4.35. The summed E-state index contributed by atoms with van der Waals surface area (Å²) in [7, 11) is -3.59. The second-order valence-corrected chi connectivity index (χ2v) is 11.1. The number of furan rings is 1. The predicted octanol–water partition coefficient (Wildman–Crippen LogP) is 4.76. The molecule has 1 aliphatic heterocycles. The Morgan fingerprint density at radius 1 is 0.943 bits per heavy atom. The van der Waals surface area contributed by atoms with Crippen LogP contribution in [0.5, 0.6) is 0 Å². The van der Waals surface area contributed by atoms with Gasteiger partial charge in [-0.15, -0.1) is 0 Å². The van der Waals surface area contributed by atoms with Gasteiger partial charge in [0.15, 0.2) is 5.76 Å². The van der Waals surface area contributed by atoms with E-state index in [4.69, 9.17) is 4.42 Å². The van der Waals surface area contributed by atoms with Gasteiger partial charge in [-0.25, -0.2) is 8.42 Å². The van der Waals surface area contributed by atoms with Gasteiger partial charge in [-0.1, -0.05) is 19.9 Å². The Labute approximate surface area is 205 Å². The normalized spacial score (nSPS) is 18.7. The summed E-state index contributed by atoms with van der Waals surface area (Å²) >= 11 is 0. The van der Waals surface area contributed by atoms with Crippen LogP contribution in [-0.2, 0) is 10.0 Å².